The number of halogens is 1. The lowest BCUT2D eigenvalue weighted by Crippen LogP contribution is -2.29. The highest BCUT2D eigenvalue weighted by atomic mass is 79.9. The minimum Gasteiger partial charge on any atom is -0.377 e. The lowest BCUT2D eigenvalue weighted by Gasteiger charge is -2.38. The van der Waals surface area contributed by atoms with E-state index in [0.29, 0.717) is 17.9 Å². The van der Waals surface area contributed by atoms with Gasteiger partial charge in [-0.25, -0.2) is 0 Å². The standard InChI is InChI=1S/C19H18BrN/c1-12-6-2-3-7-13(12)18-15-9-4-8-14(15)16-10-5-11-17(20)19(16)21-18/h2-8,10-11,14-15,18,21H,9H2,1H3. The van der Waals surface area contributed by atoms with Crippen LogP contribution in [-0.4, -0.2) is 0 Å². The molecule has 0 aromatic heterocycles. The molecule has 0 saturated heterocycles. The number of nitrogens with one attached hydrogen (secondary N) is 1. The zero-order valence-electron chi connectivity index (χ0n) is 12.0. The Morgan fingerprint density at radius 1 is 1.05 bits per heavy atom. The molecule has 1 nitrogen and oxygen atoms in total. The summed E-state index contributed by atoms with van der Waals surface area (Å²) in [5, 5.41) is 3.81. The van der Waals surface area contributed by atoms with Crippen molar-refractivity contribution in [3.8, 4) is 0 Å². The van der Waals surface area contributed by atoms with Crippen molar-refractivity contribution in [2.24, 2.45) is 5.92 Å². The maximum absolute atomic E-state index is 3.81. The van der Waals surface area contributed by atoms with Gasteiger partial charge in [0.15, 0.2) is 0 Å². The minimum atomic E-state index is 0.386. The number of hydrogen-bond donors (Lipinski definition) is 1. The average Bonchev–Trinajstić information content (AvgIpc) is 2.97. The van der Waals surface area contributed by atoms with Crippen LogP contribution in [-0.2, 0) is 0 Å². The van der Waals surface area contributed by atoms with Gasteiger partial charge in [0.25, 0.3) is 0 Å². The molecule has 0 spiro atoms. The second-order valence-electron chi connectivity index (χ2n) is 6.04. The van der Waals surface area contributed by atoms with Gasteiger partial charge in [0.2, 0.25) is 0 Å². The summed E-state index contributed by atoms with van der Waals surface area (Å²) in [5.74, 6) is 1.15. The largest absolute Gasteiger partial charge is 0.377 e. The molecule has 0 saturated carbocycles. The maximum Gasteiger partial charge on any atom is 0.0556 e. The van der Waals surface area contributed by atoms with Crippen molar-refractivity contribution < 1.29 is 0 Å². The quantitative estimate of drug-likeness (QED) is 0.668. The van der Waals surface area contributed by atoms with Gasteiger partial charge in [0.1, 0.15) is 0 Å². The van der Waals surface area contributed by atoms with Gasteiger partial charge in [-0.1, -0.05) is 48.6 Å². The van der Waals surface area contributed by atoms with E-state index in [9.17, 15) is 0 Å². The van der Waals surface area contributed by atoms with Gasteiger partial charge >= 0.3 is 0 Å². The second-order valence-corrected chi connectivity index (χ2v) is 6.89. The van der Waals surface area contributed by atoms with Crippen molar-refractivity contribution in [1.29, 1.82) is 0 Å². The predicted octanol–water partition coefficient (Wildman–Crippen LogP) is 5.58. The highest BCUT2D eigenvalue weighted by Crippen LogP contribution is 2.51. The molecule has 2 aromatic rings. The highest BCUT2D eigenvalue weighted by Gasteiger charge is 2.38. The summed E-state index contributed by atoms with van der Waals surface area (Å²) in [6.07, 6.45) is 5.89. The van der Waals surface area contributed by atoms with E-state index in [1.807, 2.05) is 0 Å². The Balaban J connectivity index is 1.85. The van der Waals surface area contributed by atoms with Gasteiger partial charge in [-0.05, 0) is 57.9 Å². The summed E-state index contributed by atoms with van der Waals surface area (Å²) in [7, 11) is 0. The molecule has 106 valence electrons. The van der Waals surface area contributed by atoms with E-state index >= 15 is 0 Å². The third-order valence-corrected chi connectivity index (χ3v) is 5.53. The summed E-state index contributed by atoms with van der Waals surface area (Å²) in [6, 6.07) is 15.7. The Bertz CT molecular complexity index is 719. The minimum absolute atomic E-state index is 0.386. The lowest BCUT2D eigenvalue weighted by molar-refractivity contribution is 0.424. The summed E-state index contributed by atoms with van der Waals surface area (Å²) in [6.45, 7) is 2.21. The van der Waals surface area contributed by atoms with Gasteiger partial charge in [-0.2, -0.15) is 0 Å². The van der Waals surface area contributed by atoms with Gasteiger partial charge in [0, 0.05) is 10.4 Å². The fraction of sp³-hybridized carbons (Fsp3) is 0.263. The molecule has 0 radical (unpaired) electrons. The fourth-order valence-corrected chi connectivity index (χ4v) is 4.32. The van der Waals surface area contributed by atoms with Crippen molar-refractivity contribution >= 4 is 21.6 Å². The number of hydrogen-bond acceptors (Lipinski definition) is 1. The number of para-hydroxylation sites is 1. The Hall–Kier alpha value is -1.54. The van der Waals surface area contributed by atoms with Crippen LogP contribution in [0.3, 0.4) is 0 Å². The Kier molecular flexibility index (Phi) is 3.15. The van der Waals surface area contributed by atoms with Crippen LogP contribution in [0.4, 0.5) is 5.69 Å². The zero-order valence-corrected chi connectivity index (χ0v) is 13.6. The third-order valence-electron chi connectivity index (χ3n) is 4.87. The summed E-state index contributed by atoms with van der Waals surface area (Å²) in [5.41, 5.74) is 5.49. The summed E-state index contributed by atoms with van der Waals surface area (Å²) < 4.78 is 1.16. The van der Waals surface area contributed by atoms with Crippen molar-refractivity contribution in [2.75, 3.05) is 5.32 Å². The van der Waals surface area contributed by atoms with Crippen LogP contribution in [0, 0.1) is 12.8 Å². The predicted molar refractivity (Wildman–Crippen MR) is 91.7 cm³/mol. The molecule has 1 aliphatic carbocycles. The van der Waals surface area contributed by atoms with Crippen molar-refractivity contribution in [3.63, 3.8) is 0 Å². The van der Waals surface area contributed by atoms with E-state index in [1.165, 1.54) is 22.4 Å². The average molecular weight is 340 g/mol. The normalized spacial score (nSPS) is 26.1. The van der Waals surface area contributed by atoms with Crippen LogP contribution in [0.25, 0.3) is 0 Å². The van der Waals surface area contributed by atoms with E-state index in [4.69, 9.17) is 0 Å². The van der Waals surface area contributed by atoms with Crippen LogP contribution < -0.4 is 5.32 Å². The number of rotatable bonds is 1. The van der Waals surface area contributed by atoms with Crippen LogP contribution in [0.1, 0.15) is 35.1 Å². The van der Waals surface area contributed by atoms with E-state index in [1.54, 1.807) is 0 Å². The number of anilines is 1. The number of benzene rings is 2. The number of allylic oxidation sites excluding steroid dienone is 2. The molecule has 4 rings (SSSR count). The molecule has 2 heteroatoms. The van der Waals surface area contributed by atoms with Gasteiger partial charge in [0.05, 0.1) is 11.7 Å². The first-order valence-corrected chi connectivity index (χ1v) is 8.32. The van der Waals surface area contributed by atoms with E-state index < -0.39 is 0 Å². The first kappa shape index (κ1) is 13.1. The molecule has 0 fully saturated rings. The van der Waals surface area contributed by atoms with Crippen molar-refractivity contribution in [1.82, 2.24) is 0 Å². The lowest BCUT2D eigenvalue weighted by atomic mass is 9.76. The summed E-state index contributed by atoms with van der Waals surface area (Å²) in [4.78, 5) is 0. The molecular formula is C19H18BrN. The second kappa shape index (κ2) is 5.03. The van der Waals surface area contributed by atoms with Gasteiger partial charge in [-0.3, -0.25) is 0 Å². The number of fused-ring (bicyclic) bond motifs is 3. The first-order chi connectivity index (χ1) is 10.3. The Morgan fingerprint density at radius 2 is 1.86 bits per heavy atom. The van der Waals surface area contributed by atoms with E-state index in [2.05, 4.69) is 82.8 Å². The molecular weight excluding hydrogens is 322 g/mol. The molecule has 21 heavy (non-hydrogen) atoms. The van der Waals surface area contributed by atoms with Crippen LogP contribution in [0.5, 0.6) is 0 Å². The molecule has 0 amide bonds. The first-order valence-electron chi connectivity index (χ1n) is 7.53. The van der Waals surface area contributed by atoms with Gasteiger partial charge < -0.3 is 5.32 Å². The van der Waals surface area contributed by atoms with Crippen LogP contribution >= 0.6 is 15.9 Å². The Morgan fingerprint density at radius 3 is 2.71 bits per heavy atom. The van der Waals surface area contributed by atoms with Crippen molar-refractivity contribution in [2.45, 2.75) is 25.3 Å². The molecule has 2 aliphatic rings. The summed E-state index contributed by atoms with van der Waals surface area (Å²) >= 11 is 3.71. The Labute approximate surface area is 134 Å². The van der Waals surface area contributed by atoms with Crippen LogP contribution in [0.15, 0.2) is 59.1 Å². The van der Waals surface area contributed by atoms with E-state index in [-0.39, 0.29) is 0 Å². The zero-order chi connectivity index (χ0) is 14.4. The molecule has 1 aliphatic heterocycles. The fourth-order valence-electron chi connectivity index (χ4n) is 3.83. The molecule has 0 bridgehead atoms. The molecule has 2 aromatic carbocycles. The van der Waals surface area contributed by atoms with Crippen molar-refractivity contribution in [3.05, 3.63) is 75.8 Å². The molecule has 3 atom stereocenters. The molecule has 1 heterocycles. The number of aryl methyl sites for hydroxylation is 1. The topological polar surface area (TPSA) is 12.0 Å². The molecule has 3 unspecified atom stereocenters. The highest BCUT2D eigenvalue weighted by molar-refractivity contribution is 9.10. The third kappa shape index (κ3) is 2.04. The SMILES string of the molecule is Cc1ccccc1C1Nc2c(Br)cccc2C2C=CCC21. The smallest absolute Gasteiger partial charge is 0.0556 e. The monoisotopic (exact) mass is 339 g/mol. The molecule has 1 N–H and O–H groups in total. The van der Waals surface area contributed by atoms with Crippen LogP contribution in [0.2, 0.25) is 0 Å². The van der Waals surface area contributed by atoms with E-state index in [0.717, 1.165) is 10.9 Å². The maximum atomic E-state index is 3.81. The van der Waals surface area contributed by atoms with Gasteiger partial charge in [-0.15, -0.1) is 0 Å².